The zero-order valence-corrected chi connectivity index (χ0v) is 15.2. The van der Waals surface area contributed by atoms with Gasteiger partial charge in [0.1, 0.15) is 5.75 Å². The van der Waals surface area contributed by atoms with E-state index in [1.54, 1.807) is 36.9 Å². The maximum atomic E-state index is 12.9. The van der Waals surface area contributed by atoms with Crippen LogP contribution in [0.1, 0.15) is 37.6 Å². The summed E-state index contributed by atoms with van der Waals surface area (Å²) in [4.78, 5) is 29.0. The largest absolute Gasteiger partial charge is 0.476 e. The summed E-state index contributed by atoms with van der Waals surface area (Å²) in [6.45, 7) is 9.97. The Balaban J connectivity index is 1.86. The van der Waals surface area contributed by atoms with Crippen molar-refractivity contribution < 1.29 is 19.1 Å². The molecule has 0 aromatic heterocycles. The van der Waals surface area contributed by atoms with E-state index >= 15 is 0 Å². The fourth-order valence-electron chi connectivity index (χ4n) is 3.23. The van der Waals surface area contributed by atoms with Crippen molar-refractivity contribution in [2.24, 2.45) is 0 Å². The molecule has 0 N–H and O–H groups in total. The molecular weight excluding hydrogens is 320 g/mol. The van der Waals surface area contributed by atoms with Gasteiger partial charge in [0.2, 0.25) is 0 Å². The molecule has 2 heterocycles. The van der Waals surface area contributed by atoms with Crippen LogP contribution in [0.4, 0.5) is 5.69 Å². The van der Waals surface area contributed by atoms with Gasteiger partial charge in [-0.2, -0.15) is 0 Å². The van der Waals surface area contributed by atoms with Gasteiger partial charge in [0.15, 0.2) is 11.4 Å². The molecule has 2 aliphatic heterocycles. The van der Waals surface area contributed by atoms with Crippen molar-refractivity contribution in [2.45, 2.75) is 32.8 Å². The first-order valence-corrected chi connectivity index (χ1v) is 8.90. The predicted octanol–water partition coefficient (Wildman–Crippen LogP) is 2.12. The molecule has 0 bridgehead atoms. The van der Waals surface area contributed by atoms with Gasteiger partial charge in [0.05, 0.1) is 18.9 Å². The Kier molecular flexibility index (Phi) is 5.11. The summed E-state index contributed by atoms with van der Waals surface area (Å²) in [5.41, 5.74) is 0.402. The third kappa shape index (κ3) is 3.70. The highest BCUT2D eigenvalue weighted by Gasteiger charge is 2.41. The minimum Gasteiger partial charge on any atom is -0.476 e. The van der Waals surface area contributed by atoms with Crippen molar-refractivity contribution >= 4 is 17.4 Å². The summed E-state index contributed by atoms with van der Waals surface area (Å²) in [6, 6.07) is 5.36. The molecule has 1 aromatic rings. The molecule has 3 rings (SSSR count). The van der Waals surface area contributed by atoms with Crippen molar-refractivity contribution in [2.75, 3.05) is 44.3 Å². The zero-order valence-electron chi connectivity index (χ0n) is 15.2. The summed E-state index contributed by atoms with van der Waals surface area (Å²) < 4.78 is 11.3. The molecule has 0 unspecified atom stereocenters. The maximum Gasteiger partial charge on any atom is 0.270 e. The molecule has 1 fully saturated rings. The SMILES string of the molecule is CCC(=O)c1ccc2c(c1)N(CCN1CCOCC1)C(=O)C(C)(C)O2. The van der Waals surface area contributed by atoms with Gasteiger partial charge in [-0.05, 0) is 32.0 Å². The number of ketones is 1. The van der Waals surface area contributed by atoms with Crippen LogP contribution in [0.2, 0.25) is 0 Å². The zero-order chi connectivity index (χ0) is 18.0. The van der Waals surface area contributed by atoms with E-state index in [2.05, 4.69) is 4.90 Å². The highest BCUT2D eigenvalue weighted by molar-refractivity contribution is 6.04. The number of carbonyl (C=O) groups is 2. The third-order valence-corrected chi connectivity index (χ3v) is 4.76. The second kappa shape index (κ2) is 7.14. The topological polar surface area (TPSA) is 59.1 Å². The maximum absolute atomic E-state index is 12.9. The molecule has 25 heavy (non-hydrogen) atoms. The lowest BCUT2D eigenvalue weighted by Gasteiger charge is -2.40. The van der Waals surface area contributed by atoms with Crippen LogP contribution in [0.3, 0.4) is 0 Å². The molecule has 1 aromatic carbocycles. The fraction of sp³-hybridized carbons (Fsp3) is 0.579. The van der Waals surface area contributed by atoms with Crippen LogP contribution >= 0.6 is 0 Å². The monoisotopic (exact) mass is 346 g/mol. The van der Waals surface area contributed by atoms with E-state index in [0.29, 0.717) is 30.0 Å². The Morgan fingerprint density at radius 2 is 1.92 bits per heavy atom. The van der Waals surface area contributed by atoms with Crippen molar-refractivity contribution in [3.8, 4) is 5.75 Å². The number of Topliss-reactive ketones (excluding diaryl/α,β-unsaturated/α-hetero) is 1. The lowest BCUT2D eigenvalue weighted by Crippen LogP contribution is -2.54. The average Bonchev–Trinajstić information content (AvgIpc) is 2.62. The first-order chi connectivity index (χ1) is 11.9. The van der Waals surface area contributed by atoms with E-state index in [9.17, 15) is 9.59 Å². The van der Waals surface area contributed by atoms with Gasteiger partial charge in [0.25, 0.3) is 5.91 Å². The van der Waals surface area contributed by atoms with E-state index in [-0.39, 0.29) is 11.7 Å². The van der Waals surface area contributed by atoms with Crippen LogP contribution in [-0.4, -0.2) is 61.6 Å². The second-order valence-electron chi connectivity index (χ2n) is 6.98. The van der Waals surface area contributed by atoms with Crippen molar-refractivity contribution in [3.63, 3.8) is 0 Å². The number of amides is 1. The molecule has 6 nitrogen and oxygen atoms in total. The van der Waals surface area contributed by atoms with Crippen LogP contribution in [-0.2, 0) is 9.53 Å². The van der Waals surface area contributed by atoms with Gasteiger partial charge in [-0.3, -0.25) is 14.5 Å². The number of ether oxygens (including phenoxy) is 2. The number of rotatable bonds is 5. The minimum atomic E-state index is -0.908. The predicted molar refractivity (Wildman–Crippen MR) is 95.4 cm³/mol. The van der Waals surface area contributed by atoms with E-state index in [1.165, 1.54) is 0 Å². The number of nitrogens with zero attached hydrogens (tertiary/aromatic N) is 2. The van der Waals surface area contributed by atoms with Crippen LogP contribution in [0.15, 0.2) is 18.2 Å². The number of hydrogen-bond acceptors (Lipinski definition) is 5. The van der Waals surface area contributed by atoms with Crippen molar-refractivity contribution in [1.29, 1.82) is 0 Å². The second-order valence-corrected chi connectivity index (χ2v) is 6.98. The van der Waals surface area contributed by atoms with Gasteiger partial charge in [0, 0.05) is 38.2 Å². The van der Waals surface area contributed by atoms with Gasteiger partial charge >= 0.3 is 0 Å². The molecule has 136 valence electrons. The van der Waals surface area contributed by atoms with Gasteiger partial charge in [-0.25, -0.2) is 0 Å². The Bertz CT molecular complexity index is 665. The average molecular weight is 346 g/mol. The Morgan fingerprint density at radius 1 is 1.20 bits per heavy atom. The first-order valence-electron chi connectivity index (χ1n) is 8.90. The smallest absolute Gasteiger partial charge is 0.270 e. The van der Waals surface area contributed by atoms with Crippen molar-refractivity contribution in [1.82, 2.24) is 4.90 Å². The summed E-state index contributed by atoms with van der Waals surface area (Å²) in [7, 11) is 0. The molecule has 0 radical (unpaired) electrons. The summed E-state index contributed by atoms with van der Waals surface area (Å²) in [5, 5.41) is 0. The summed E-state index contributed by atoms with van der Waals surface area (Å²) >= 11 is 0. The van der Waals surface area contributed by atoms with Gasteiger partial charge < -0.3 is 14.4 Å². The molecule has 0 saturated carbocycles. The number of hydrogen-bond donors (Lipinski definition) is 0. The van der Waals surface area contributed by atoms with E-state index in [4.69, 9.17) is 9.47 Å². The molecule has 6 heteroatoms. The van der Waals surface area contributed by atoms with Crippen LogP contribution in [0, 0.1) is 0 Å². The molecular formula is C19H26N2O4. The quantitative estimate of drug-likeness (QED) is 0.765. The minimum absolute atomic E-state index is 0.0632. The van der Waals surface area contributed by atoms with E-state index in [0.717, 1.165) is 32.8 Å². The Morgan fingerprint density at radius 3 is 2.60 bits per heavy atom. The van der Waals surface area contributed by atoms with Crippen LogP contribution < -0.4 is 9.64 Å². The molecule has 0 atom stereocenters. The summed E-state index contributed by atoms with van der Waals surface area (Å²) in [5.74, 6) is 0.641. The highest BCUT2D eigenvalue weighted by atomic mass is 16.5. The lowest BCUT2D eigenvalue weighted by atomic mass is 10.0. The number of fused-ring (bicyclic) bond motifs is 1. The standard InChI is InChI=1S/C19H26N2O4/c1-4-16(22)14-5-6-17-15(13-14)21(18(23)19(2,3)25-17)8-7-20-9-11-24-12-10-20/h5-6,13H,4,7-12H2,1-3H3. The van der Waals surface area contributed by atoms with E-state index in [1.807, 2.05) is 6.92 Å². The van der Waals surface area contributed by atoms with Crippen molar-refractivity contribution in [3.05, 3.63) is 23.8 Å². The molecule has 0 spiro atoms. The lowest BCUT2D eigenvalue weighted by molar-refractivity contribution is -0.132. The van der Waals surface area contributed by atoms with Gasteiger partial charge in [-0.1, -0.05) is 6.92 Å². The normalized spacial score (nSPS) is 20.1. The Hall–Kier alpha value is -1.92. The molecule has 1 amide bonds. The van der Waals surface area contributed by atoms with Crippen LogP contribution in [0.5, 0.6) is 5.75 Å². The number of anilines is 1. The number of benzene rings is 1. The Labute approximate surface area is 148 Å². The number of morpholine rings is 1. The van der Waals surface area contributed by atoms with Gasteiger partial charge in [-0.15, -0.1) is 0 Å². The fourth-order valence-corrected chi connectivity index (χ4v) is 3.23. The third-order valence-electron chi connectivity index (χ3n) is 4.76. The molecule has 1 saturated heterocycles. The first kappa shape index (κ1) is 17.9. The highest BCUT2D eigenvalue weighted by Crippen LogP contribution is 2.38. The molecule has 2 aliphatic rings. The molecule has 0 aliphatic carbocycles. The number of carbonyl (C=O) groups excluding carboxylic acids is 2. The summed E-state index contributed by atoms with van der Waals surface area (Å²) in [6.07, 6.45) is 0.437. The van der Waals surface area contributed by atoms with E-state index < -0.39 is 5.60 Å². The van der Waals surface area contributed by atoms with Crippen LogP contribution in [0.25, 0.3) is 0 Å².